The smallest absolute Gasteiger partial charge is 0.267 e. The number of aromatic nitrogens is 1. The standard InChI is InChI=1S/C23H26N2O2S2/c1-19-9-11-23(12-10-19)29(26,27)25-16-20(15-24-13-5-6-14-24)21(17-25)18-28-22-7-3-2-4-8-22/h2-4,7-12,16-17H,5-6,13-15,18H2,1H3. The third-order valence-corrected chi connectivity index (χ3v) is 8.00. The highest BCUT2D eigenvalue weighted by molar-refractivity contribution is 7.98. The maximum absolute atomic E-state index is 13.2. The van der Waals surface area contributed by atoms with Gasteiger partial charge in [-0.05, 0) is 68.2 Å². The van der Waals surface area contributed by atoms with Gasteiger partial charge in [-0.15, -0.1) is 11.8 Å². The maximum Gasteiger partial charge on any atom is 0.267 e. The van der Waals surface area contributed by atoms with E-state index in [0.29, 0.717) is 4.90 Å². The van der Waals surface area contributed by atoms with Crippen LogP contribution in [0.25, 0.3) is 0 Å². The molecular weight excluding hydrogens is 400 g/mol. The zero-order valence-corrected chi connectivity index (χ0v) is 18.3. The van der Waals surface area contributed by atoms with Crippen molar-refractivity contribution in [2.24, 2.45) is 0 Å². The van der Waals surface area contributed by atoms with Crippen molar-refractivity contribution >= 4 is 21.8 Å². The third-order valence-electron chi connectivity index (χ3n) is 5.31. The minimum atomic E-state index is -3.59. The molecule has 0 N–H and O–H groups in total. The molecule has 0 spiro atoms. The van der Waals surface area contributed by atoms with E-state index in [9.17, 15) is 8.42 Å². The molecule has 1 aromatic heterocycles. The van der Waals surface area contributed by atoms with E-state index < -0.39 is 10.0 Å². The molecule has 2 heterocycles. The monoisotopic (exact) mass is 426 g/mol. The molecule has 4 nitrogen and oxygen atoms in total. The molecule has 1 saturated heterocycles. The highest BCUT2D eigenvalue weighted by atomic mass is 32.2. The number of hydrogen-bond donors (Lipinski definition) is 0. The Morgan fingerprint density at radius 3 is 2.24 bits per heavy atom. The van der Waals surface area contributed by atoms with E-state index in [2.05, 4.69) is 17.0 Å². The summed E-state index contributed by atoms with van der Waals surface area (Å²) in [5.41, 5.74) is 3.23. The number of thioether (sulfide) groups is 1. The van der Waals surface area contributed by atoms with Gasteiger partial charge in [-0.2, -0.15) is 0 Å². The molecule has 29 heavy (non-hydrogen) atoms. The lowest BCUT2D eigenvalue weighted by Gasteiger charge is -2.14. The highest BCUT2D eigenvalue weighted by Crippen LogP contribution is 2.28. The zero-order chi connectivity index (χ0) is 20.3. The lowest BCUT2D eigenvalue weighted by Crippen LogP contribution is -2.18. The molecule has 0 amide bonds. The van der Waals surface area contributed by atoms with E-state index in [0.717, 1.165) is 42.1 Å². The summed E-state index contributed by atoms with van der Waals surface area (Å²) in [6.45, 7) is 4.93. The summed E-state index contributed by atoms with van der Waals surface area (Å²) in [5, 5.41) is 0. The molecule has 1 aliphatic rings. The summed E-state index contributed by atoms with van der Waals surface area (Å²) in [6, 6.07) is 17.3. The van der Waals surface area contributed by atoms with Gasteiger partial charge in [-0.25, -0.2) is 12.4 Å². The van der Waals surface area contributed by atoms with E-state index in [1.165, 1.54) is 21.7 Å². The van der Waals surface area contributed by atoms with Crippen molar-refractivity contribution in [2.45, 2.75) is 41.9 Å². The van der Waals surface area contributed by atoms with E-state index in [-0.39, 0.29) is 0 Å². The number of likely N-dealkylation sites (tertiary alicyclic amines) is 1. The van der Waals surface area contributed by atoms with Crippen molar-refractivity contribution < 1.29 is 8.42 Å². The lowest BCUT2D eigenvalue weighted by molar-refractivity contribution is 0.331. The van der Waals surface area contributed by atoms with E-state index in [1.54, 1.807) is 30.1 Å². The number of benzene rings is 2. The molecule has 0 atom stereocenters. The largest absolute Gasteiger partial charge is 0.299 e. The topological polar surface area (TPSA) is 42.3 Å². The van der Waals surface area contributed by atoms with Crippen LogP contribution in [0.5, 0.6) is 0 Å². The summed E-state index contributed by atoms with van der Waals surface area (Å²) in [4.78, 5) is 3.93. The van der Waals surface area contributed by atoms with Crippen LogP contribution in [-0.2, 0) is 22.3 Å². The average molecular weight is 427 g/mol. The molecule has 152 valence electrons. The molecule has 2 aromatic carbocycles. The van der Waals surface area contributed by atoms with Gasteiger partial charge in [-0.3, -0.25) is 4.90 Å². The van der Waals surface area contributed by atoms with Gasteiger partial charge in [-0.1, -0.05) is 35.9 Å². The van der Waals surface area contributed by atoms with Crippen LogP contribution in [0.1, 0.15) is 29.5 Å². The minimum Gasteiger partial charge on any atom is -0.299 e. The fourth-order valence-corrected chi connectivity index (χ4v) is 5.80. The van der Waals surface area contributed by atoms with Gasteiger partial charge in [0.15, 0.2) is 0 Å². The molecule has 0 radical (unpaired) electrons. The predicted molar refractivity (Wildman–Crippen MR) is 119 cm³/mol. The molecule has 6 heteroatoms. The van der Waals surface area contributed by atoms with E-state index in [1.807, 2.05) is 43.5 Å². The van der Waals surface area contributed by atoms with Crippen molar-refractivity contribution in [1.82, 2.24) is 8.87 Å². The fraction of sp³-hybridized carbons (Fsp3) is 0.304. The number of nitrogens with zero attached hydrogens (tertiary/aromatic N) is 2. The van der Waals surface area contributed by atoms with Crippen molar-refractivity contribution in [1.29, 1.82) is 0 Å². The van der Waals surface area contributed by atoms with E-state index >= 15 is 0 Å². The number of hydrogen-bond acceptors (Lipinski definition) is 4. The highest BCUT2D eigenvalue weighted by Gasteiger charge is 2.21. The Kier molecular flexibility index (Phi) is 6.13. The first-order chi connectivity index (χ1) is 14.0. The molecule has 3 aromatic rings. The molecule has 4 rings (SSSR count). The van der Waals surface area contributed by atoms with Crippen LogP contribution in [-0.4, -0.2) is 30.4 Å². The van der Waals surface area contributed by atoms with Crippen molar-refractivity contribution in [3.63, 3.8) is 0 Å². The molecule has 0 saturated carbocycles. The first-order valence-corrected chi connectivity index (χ1v) is 12.4. The van der Waals surface area contributed by atoms with Gasteiger partial charge in [0.2, 0.25) is 0 Å². The number of rotatable bonds is 7. The van der Waals surface area contributed by atoms with Crippen LogP contribution in [0.2, 0.25) is 0 Å². The van der Waals surface area contributed by atoms with Crippen LogP contribution >= 0.6 is 11.8 Å². The molecule has 0 bridgehead atoms. The van der Waals surface area contributed by atoms with Crippen molar-refractivity contribution in [3.8, 4) is 0 Å². The average Bonchev–Trinajstić information content (AvgIpc) is 3.38. The second-order valence-electron chi connectivity index (χ2n) is 7.54. The maximum atomic E-state index is 13.2. The Labute approximate surface area is 177 Å². The predicted octanol–water partition coefficient (Wildman–Crippen LogP) is 4.92. The first kappa shape index (κ1) is 20.3. The Balaban J connectivity index is 1.63. The first-order valence-electron chi connectivity index (χ1n) is 9.94. The van der Waals surface area contributed by atoms with Crippen LogP contribution < -0.4 is 0 Å². The quantitative estimate of drug-likeness (QED) is 0.503. The minimum absolute atomic E-state index is 0.327. The Bertz CT molecular complexity index is 1050. The normalized spacial score (nSPS) is 15.1. The van der Waals surface area contributed by atoms with Crippen LogP contribution in [0.3, 0.4) is 0 Å². The number of aryl methyl sites for hydroxylation is 1. The van der Waals surface area contributed by atoms with Crippen LogP contribution in [0.15, 0.2) is 76.8 Å². The third kappa shape index (κ3) is 4.77. The van der Waals surface area contributed by atoms with Gasteiger partial charge in [0.1, 0.15) is 0 Å². The van der Waals surface area contributed by atoms with Gasteiger partial charge in [0, 0.05) is 29.6 Å². The van der Waals surface area contributed by atoms with Crippen molar-refractivity contribution in [3.05, 3.63) is 83.7 Å². The Hall–Kier alpha value is -2.02. The second kappa shape index (κ2) is 8.78. The van der Waals surface area contributed by atoms with Gasteiger partial charge < -0.3 is 0 Å². The summed E-state index contributed by atoms with van der Waals surface area (Å²) in [6.07, 6.45) is 6.05. The zero-order valence-electron chi connectivity index (χ0n) is 16.6. The van der Waals surface area contributed by atoms with Crippen molar-refractivity contribution in [2.75, 3.05) is 13.1 Å². The Morgan fingerprint density at radius 2 is 1.55 bits per heavy atom. The lowest BCUT2D eigenvalue weighted by atomic mass is 10.2. The van der Waals surface area contributed by atoms with Gasteiger partial charge in [0.05, 0.1) is 4.90 Å². The van der Waals surface area contributed by atoms with Gasteiger partial charge >= 0.3 is 0 Å². The van der Waals surface area contributed by atoms with Crippen LogP contribution in [0, 0.1) is 6.92 Å². The molecule has 0 unspecified atom stereocenters. The SMILES string of the molecule is Cc1ccc(S(=O)(=O)n2cc(CSc3ccccc3)c(CN3CCCC3)c2)cc1. The molecule has 1 fully saturated rings. The summed E-state index contributed by atoms with van der Waals surface area (Å²) in [7, 11) is -3.59. The fourth-order valence-electron chi connectivity index (χ4n) is 3.61. The van der Waals surface area contributed by atoms with E-state index in [4.69, 9.17) is 0 Å². The van der Waals surface area contributed by atoms with Crippen LogP contribution in [0.4, 0.5) is 0 Å². The second-order valence-corrected chi connectivity index (χ2v) is 10.4. The Morgan fingerprint density at radius 1 is 0.897 bits per heavy atom. The molecule has 0 aliphatic carbocycles. The summed E-state index contributed by atoms with van der Waals surface area (Å²) in [5.74, 6) is 0.754. The van der Waals surface area contributed by atoms with Gasteiger partial charge in [0.25, 0.3) is 10.0 Å². The summed E-state index contributed by atoms with van der Waals surface area (Å²) < 4.78 is 27.7. The molecule has 1 aliphatic heterocycles. The summed E-state index contributed by atoms with van der Waals surface area (Å²) >= 11 is 1.74. The molecular formula is C23H26N2O2S2.